The summed E-state index contributed by atoms with van der Waals surface area (Å²) in [4.78, 5) is 23.2. The molecule has 0 unspecified atom stereocenters. The highest BCUT2D eigenvalue weighted by atomic mass is 32.2. The van der Waals surface area contributed by atoms with E-state index in [1.54, 1.807) is 18.2 Å². The Morgan fingerprint density at radius 3 is 2.25 bits per heavy atom. The number of sulfone groups is 1. The Kier molecular flexibility index (Phi) is 7.37. The fourth-order valence-electron chi connectivity index (χ4n) is 2.10. The summed E-state index contributed by atoms with van der Waals surface area (Å²) in [6, 6.07) is 6.30. The zero-order valence-electron chi connectivity index (χ0n) is 13.7. The number of nitrogens with one attached hydrogen (secondary N) is 1. The molecule has 3 N–H and O–H groups in total. The number of aliphatic hydroxyl groups excluding tert-OH is 1. The van der Waals surface area contributed by atoms with Crippen molar-refractivity contribution in [1.29, 1.82) is 0 Å². The molecule has 1 aromatic rings. The third-order valence-electron chi connectivity index (χ3n) is 3.39. The number of carbonyl (C=O) groups is 2. The molecule has 1 amide bonds. The van der Waals surface area contributed by atoms with Gasteiger partial charge < -0.3 is 15.5 Å². The molecule has 0 aromatic heterocycles. The van der Waals surface area contributed by atoms with Crippen LogP contribution in [0.2, 0.25) is 0 Å². The molecule has 0 spiro atoms. The summed E-state index contributed by atoms with van der Waals surface area (Å²) >= 11 is 0. The molecule has 134 valence electrons. The lowest BCUT2D eigenvalue weighted by molar-refractivity contribution is -0.143. The van der Waals surface area contributed by atoms with Crippen LogP contribution in [0, 0.1) is 5.92 Å². The number of benzene rings is 1. The van der Waals surface area contributed by atoms with E-state index in [0.29, 0.717) is 0 Å². The molecule has 0 saturated carbocycles. The molecule has 0 saturated heterocycles. The number of aliphatic hydroxyl groups is 1. The number of aliphatic carboxylic acids is 1. The summed E-state index contributed by atoms with van der Waals surface area (Å²) < 4.78 is 24.3. The van der Waals surface area contributed by atoms with Crippen molar-refractivity contribution in [3.63, 3.8) is 0 Å². The van der Waals surface area contributed by atoms with Crippen LogP contribution in [0.15, 0.2) is 35.2 Å². The molecule has 0 aliphatic rings. The maximum Gasteiger partial charge on any atom is 0.326 e. The van der Waals surface area contributed by atoms with Crippen LogP contribution in [0.1, 0.15) is 26.7 Å². The lowest BCUT2D eigenvalue weighted by atomic mass is 10.1. The van der Waals surface area contributed by atoms with Gasteiger partial charge in [-0.25, -0.2) is 13.2 Å². The molecule has 2 atom stereocenters. The zero-order chi connectivity index (χ0) is 18.3. The second-order valence-electron chi connectivity index (χ2n) is 5.97. The van der Waals surface area contributed by atoms with Crippen molar-refractivity contribution < 1.29 is 28.2 Å². The van der Waals surface area contributed by atoms with Crippen LogP contribution in [-0.2, 0) is 19.4 Å². The Labute approximate surface area is 141 Å². The van der Waals surface area contributed by atoms with Gasteiger partial charge in [-0.2, -0.15) is 0 Å². The smallest absolute Gasteiger partial charge is 0.326 e. The molecule has 0 aliphatic carbocycles. The Morgan fingerprint density at radius 2 is 1.75 bits per heavy atom. The van der Waals surface area contributed by atoms with E-state index < -0.39 is 39.6 Å². The van der Waals surface area contributed by atoms with Crippen molar-refractivity contribution >= 4 is 21.7 Å². The van der Waals surface area contributed by atoms with Crippen LogP contribution in [0.3, 0.4) is 0 Å². The van der Waals surface area contributed by atoms with Gasteiger partial charge in [-0.05, 0) is 30.9 Å². The minimum Gasteiger partial charge on any atom is -0.480 e. The lowest BCUT2D eigenvalue weighted by Gasteiger charge is -2.18. The standard InChI is InChI=1S/C16H23NO6S/c1-11(2)10-14(18)15(19)17-13(16(20)21)8-9-24(22,23)12-6-4-3-5-7-12/h3-7,11,13-14,18H,8-10H2,1-2H3,(H,17,19)(H,20,21)/t13-,14+/m0/s1. The molecule has 1 aromatic carbocycles. The van der Waals surface area contributed by atoms with Crippen LogP contribution < -0.4 is 5.32 Å². The molecule has 1 rings (SSSR count). The van der Waals surface area contributed by atoms with Gasteiger partial charge in [0.05, 0.1) is 10.6 Å². The highest BCUT2D eigenvalue weighted by Crippen LogP contribution is 2.12. The molecule has 0 radical (unpaired) electrons. The van der Waals surface area contributed by atoms with E-state index in [9.17, 15) is 23.1 Å². The number of rotatable bonds is 9. The van der Waals surface area contributed by atoms with Gasteiger partial charge in [0, 0.05) is 0 Å². The first-order valence-corrected chi connectivity index (χ1v) is 9.27. The van der Waals surface area contributed by atoms with E-state index in [2.05, 4.69) is 5.32 Å². The predicted molar refractivity (Wildman–Crippen MR) is 88.1 cm³/mol. The summed E-state index contributed by atoms with van der Waals surface area (Å²) in [5.41, 5.74) is 0. The first-order valence-electron chi connectivity index (χ1n) is 7.62. The third kappa shape index (κ3) is 6.29. The van der Waals surface area contributed by atoms with Gasteiger partial charge in [0.2, 0.25) is 5.91 Å². The quantitative estimate of drug-likeness (QED) is 0.602. The van der Waals surface area contributed by atoms with E-state index >= 15 is 0 Å². The van der Waals surface area contributed by atoms with Crippen molar-refractivity contribution in [3.05, 3.63) is 30.3 Å². The lowest BCUT2D eigenvalue weighted by Crippen LogP contribution is -2.46. The van der Waals surface area contributed by atoms with Gasteiger partial charge in [0.1, 0.15) is 12.1 Å². The highest BCUT2D eigenvalue weighted by Gasteiger charge is 2.26. The van der Waals surface area contributed by atoms with Crippen molar-refractivity contribution in [3.8, 4) is 0 Å². The normalized spacial score (nSPS) is 14.2. The van der Waals surface area contributed by atoms with E-state index in [0.717, 1.165) is 0 Å². The second kappa shape index (κ2) is 8.79. The van der Waals surface area contributed by atoms with Gasteiger partial charge in [0.25, 0.3) is 0 Å². The van der Waals surface area contributed by atoms with E-state index in [1.807, 2.05) is 13.8 Å². The van der Waals surface area contributed by atoms with Gasteiger partial charge in [-0.1, -0.05) is 32.0 Å². The average Bonchev–Trinajstić information content (AvgIpc) is 2.51. The maximum absolute atomic E-state index is 12.2. The Morgan fingerprint density at radius 1 is 1.17 bits per heavy atom. The monoisotopic (exact) mass is 357 g/mol. The van der Waals surface area contributed by atoms with Crippen molar-refractivity contribution in [2.45, 2.75) is 43.7 Å². The second-order valence-corrected chi connectivity index (χ2v) is 8.07. The van der Waals surface area contributed by atoms with Crippen molar-refractivity contribution in [1.82, 2.24) is 5.32 Å². The number of amides is 1. The summed E-state index contributed by atoms with van der Waals surface area (Å²) in [6.45, 7) is 3.63. The van der Waals surface area contributed by atoms with E-state index in [-0.39, 0.29) is 23.7 Å². The third-order valence-corrected chi connectivity index (χ3v) is 5.15. The maximum atomic E-state index is 12.2. The molecule has 24 heavy (non-hydrogen) atoms. The van der Waals surface area contributed by atoms with E-state index in [4.69, 9.17) is 5.11 Å². The first-order chi connectivity index (χ1) is 11.1. The molecule has 0 fully saturated rings. The van der Waals surface area contributed by atoms with Gasteiger partial charge in [-0.15, -0.1) is 0 Å². The number of carboxylic acid groups (broad SMARTS) is 1. The fraction of sp³-hybridized carbons (Fsp3) is 0.500. The number of carbonyl (C=O) groups excluding carboxylic acids is 1. The Balaban J connectivity index is 2.70. The minimum absolute atomic E-state index is 0.0625. The molecular formula is C16H23NO6S. The molecule has 8 heteroatoms. The van der Waals surface area contributed by atoms with Gasteiger partial charge >= 0.3 is 5.97 Å². The van der Waals surface area contributed by atoms with Gasteiger partial charge in [0.15, 0.2) is 9.84 Å². The van der Waals surface area contributed by atoms with Crippen LogP contribution in [-0.4, -0.2) is 48.4 Å². The number of carboxylic acids is 1. The molecular weight excluding hydrogens is 334 g/mol. The molecule has 0 aliphatic heterocycles. The minimum atomic E-state index is -3.64. The van der Waals surface area contributed by atoms with Gasteiger partial charge in [-0.3, -0.25) is 4.79 Å². The summed E-state index contributed by atoms with van der Waals surface area (Å²) in [7, 11) is -3.64. The summed E-state index contributed by atoms with van der Waals surface area (Å²) in [5.74, 6) is -2.52. The first kappa shape index (κ1) is 20.1. The average molecular weight is 357 g/mol. The SMILES string of the molecule is CC(C)C[C@@H](O)C(=O)N[C@@H](CCS(=O)(=O)c1ccccc1)C(=O)O. The van der Waals surface area contributed by atoms with E-state index in [1.165, 1.54) is 12.1 Å². The van der Waals surface area contributed by atoms with Crippen LogP contribution >= 0.6 is 0 Å². The van der Waals surface area contributed by atoms with Crippen LogP contribution in [0.5, 0.6) is 0 Å². The summed E-state index contributed by atoms with van der Waals surface area (Å²) in [5, 5.41) is 21.1. The van der Waals surface area contributed by atoms with Crippen LogP contribution in [0.4, 0.5) is 0 Å². The van der Waals surface area contributed by atoms with Crippen molar-refractivity contribution in [2.75, 3.05) is 5.75 Å². The Hall–Kier alpha value is -1.93. The fourth-order valence-corrected chi connectivity index (χ4v) is 3.45. The topological polar surface area (TPSA) is 121 Å². The largest absolute Gasteiger partial charge is 0.480 e. The van der Waals surface area contributed by atoms with Crippen molar-refractivity contribution in [2.24, 2.45) is 5.92 Å². The Bertz CT molecular complexity index is 656. The predicted octanol–water partition coefficient (Wildman–Crippen LogP) is 0.827. The zero-order valence-corrected chi connectivity index (χ0v) is 14.5. The highest BCUT2D eigenvalue weighted by molar-refractivity contribution is 7.91. The number of hydrogen-bond acceptors (Lipinski definition) is 5. The number of hydrogen-bond donors (Lipinski definition) is 3. The van der Waals surface area contributed by atoms with Crippen LogP contribution in [0.25, 0.3) is 0 Å². The summed E-state index contributed by atoms with van der Waals surface area (Å²) in [6.07, 6.45) is -1.41. The molecule has 0 bridgehead atoms. The molecule has 7 nitrogen and oxygen atoms in total. The molecule has 0 heterocycles.